The number of benzene rings is 1. The number of nitrogens with zero attached hydrogens (tertiary/aromatic N) is 3. The SMILES string of the molecule is C/C(=N\O)c1ccccc1N=[C-]N(C)[C-](C)[C-]=O.[V+2].[Yb]. The van der Waals surface area contributed by atoms with E-state index in [9.17, 15) is 4.79 Å². The Labute approximate surface area is 169 Å². The van der Waals surface area contributed by atoms with Crippen molar-refractivity contribution >= 4 is 24.0 Å². The summed E-state index contributed by atoms with van der Waals surface area (Å²) in [7, 11) is 1.65. The Morgan fingerprint density at radius 1 is 1.40 bits per heavy atom. The molecule has 0 amide bonds. The molecule has 1 aromatic carbocycles. The van der Waals surface area contributed by atoms with Gasteiger partial charge in [-0.15, -0.1) is 12.4 Å². The second-order valence-corrected chi connectivity index (χ2v) is 3.66. The van der Waals surface area contributed by atoms with Gasteiger partial charge in [0.15, 0.2) is 0 Å². The standard InChI is InChI=1S/C13H14N3O2.V.Yb/c1-10(8-17)16(3)9-14-13-7-5-4-6-12(13)11(2)15-18;;/h4-7,18H,1-3H3;;/q-3;+2;/b15-11+;;. The number of para-hydroxylation sites is 1. The molecule has 113 valence electrons. The molecule has 0 heterocycles. The van der Waals surface area contributed by atoms with Crippen molar-refractivity contribution in [3.63, 3.8) is 0 Å². The van der Waals surface area contributed by atoms with E-state index in [-0.39, 0.29) is 65.5 Å². The van der Waals surface area contributed by atoms with Crippen molar-refractivity contribution in [2.75, 3.05) is 7.05 Å². The van der Waals surface area contributed by atoms with E-state index in [0.717, 1.165) is 0 Å². The smallest absolute Gasteiger partial charge is 0.609 e. The van der Waals surface area contributed by atoms with Gasteiger partial charge in [-0.25, -0.2) is 0 Å². The fourth-order valence-electron chi connectivity index (χ4n) is 1.20. The van der Waals surface area contributed by atoms with Gasteiger partial charge < -0.3 is 32.2 Å². The number of aliphatic imine (C=N–C) groups is 1. The van der Waals surface area contributed by atoms with Gasteiger partial charge in [-0.05, 0) is 14.0 Å². The van der Waals surface area contributed by atoms with Crippen molar-refractivity contribution in [3.8, 4) is 0 Å². The van der Waals surface area contributed by atoms with Crippen LogP contribution < -0.4 is 0 Å². The number of likely N-dealkylation sites (N-methyl/N-ethyl adjacent to an activating group) is 1. The van der Waals surface area contributed by atoms with Gasteiger partial charge in [0.2, 0.25) is 0 Å². The van der Waals surface area contributed by atoms with Crippen molar-refractivity contribution in [3.05, 3.63) is 35.9 Å². The summed E-state index contributed by atoms with van der Waals surface area (Å²) in [4.78, 5) is 16.0. The van der Waals surface area contributed by atoms with Gasteiger partial charge in [-0.1, -0.05) is 34.6 Å². The van der Waals surface area contributed by atoms with Gasteiger partial charge >= 0.3 is 18.6 Å². The van der Waals surface area contributed by atoms with Crippen LogP contribution in [0, 0.1) is 53.0 Å². The van der Waals surface area contributed by atoms with E-state index >= 15 is 0 Å². The van der Waals surface area contributed by atoms with Crippen LogP contribution in [-0.4, -0.2) is 35.5 Å². The molecule has 1 aromatic rings. The van der Waals surface area contributed by atoms with Gasteiger partial charge in [0.05, 0.1) is 5.71 Å². The first-order valence-electron chi connectivity index (χ1n) is 5.30. The molecular formula is C13H14N3O2VYb-. The summed E-state index contributed by atoms with van der Waals surface area (Å²) in [6.07, 6.45) is 4.45. The largest absolute Gasteiger partial charge is 2.00 e. The molecule has 0 bridgehead atoms. The molecule has 20 heavy (non-hydrogen) atoms. The summed E-state index contributed by atoms with van der Waals surface area (Å²) in [5.74, 6) is 0. The average Bonchev–Trinajstić information content (AvgIpc) is 2.43. The molecule has 1 radical (unpaired) electrons. The number of hydrogen-bond donors (Lipinski definition) is 1. The topological polar surface area (TPSA) is 65.3 Å². The average molecular weight is 468 g/mol. The second kappa shape index (κ2) is 11.5. The van der Waals surface area contributed by atoms with Crippen LogP contribution in [0.4, 0.5) is 5.69 Å². The van der Waals surface area contributed by atoms with Crippen LogP contribution in [0.1, 0.15) is 19.4 Å². The molecule has 0 saturated heterocycles. The molecule has 0 fully saturated rings. The predicted octanol–water partition coefficient (Wildman–Crippen LogP) is 2.01. The Morgan fingerprint density at radius 2 is 2.00 bits per heavy atom. The van der Waals surface area contributed by atoms with Gasteiger partial charge in [-0.2, -0.15) is 6.92 Å². The zero-order valence-corrected chi connectivity index (χ0v) is 14.3. The molecule has 0 aliphatic heterocycles. The number of carbonyl (C=O) groups excluding carboxylic acids is 1. The maximum atomic E-state index is 10.4. The van der Waals surface area contributed by atoms with Crippen LogP contribution in [0.5, 0.6) is 0 Å². The summed E-state index contributed by atoms with van der Waals surface area (Å²) in [5, 5.41) is 11.9. The van der Waals surface area contributed by atoms with Crippen molar-refractivity contribution in [2.24, 2.45) is 10.1 Å². The monoisotopic (exact) mass is 469 g/mol. The van der Waals surface area contributed by atoms with E-state index in [2.05, 4.69) is 16.5 Å². The third-order valence-electron chi connectivity index (χ3n) is 2.42. The van der Waals surface area contributed by atoms with Gasteiger partial charge in [0, 0.05) is 46.9 Å². The Morgan fingerprint density at radius 3 is 2.55 bits per heavy atom. The Hall–Kier alpha value is -0.196. The molecule has 5 nitrogen and oxygen atoms in total. The quantitative estimate of drug-likeness (QED) is 0.180. The Bertz CT molecular complexity index is 480. The summed E-state index contributed by atoms with van der Waals surface area (Å²) < 4.78 is 0. The van der Waals surface area contributed by atoms with Crippen LogP contribution in [0.25, 0.3) is 0 Å². The molecule has 0 unspecified atom stereocenters. The molecule has 0 aromatic heterocycles. The molecule has 0 aliphatic rings. The fourth-order valence-corrected chi connectivity index (χ4v) is 1.20. The number of oxime groups is 1. The zero-order chi connectivity index (χ0) is 13.5. The third kappa shape index (κ3) is 6.50. The van der Waals surface area contributed by atoms with E-state index in [1.807, 2.05) is 12.1 Å². The molecular weight excluding hydrogens is 454 g/mol. The molecule has 0 spiro atoms. The fraction of sp³-hybridized carbons (Fsp3) is 0.231. The minimum Gasteiger partial charge on any atom is -0.609 e. The first-order valence-corrected chi connectivity index (χ1v) is 5.30. The van der Waals surface area contributed by atoms with Crippen LogP contribution in [0.2, 0.25) is 0 Å². The van der Waals surface area contributed by atoms with Crippen LogP contribution in [-0.2, 0) is 23.4 Å². The third-order valence-corrected chi connectivity index (χ3v) is 2.42. The predicted molar refractivity (Wildman–Crippen MR) is 69.9 cm³/mol. The summed E-state index contributed by atoms with van der Waals surface area (Å²) in [6, 6.07) is 7.58. The number of hydrogen-bond acceptors (Lipinski definition) is 4. The van der Waals surface area contributed by atoms with Crippen molar-refractivity contribution < 1.29 is 75.5 Å². The molecule has 7 heteroatoms. The van der Waals surface area contributed by atoms with Crippen molar-refractivity contribution in [1.29, 1.82) is 0 Å². The Kier molecular flexibility index (Phi) is 12.7. The molecule has 0 aliphatic carbocycles. The van der Waals surface area contributed by atoms with E-state index in [0.29, 0.717) is 23.0 Å². The number of rotatable bonds is 5. The minimum absolute atomic E-state index is 0. The summed E-state index contributed by atoms with van der Waals surface area (Å²) in [5.41, 5.74) is 1.77. The van der Waals surface area contributed by atoms with Crippen molar-refractivity contribution in [2.45, 2.75) is 13.8 Å². The molecule has 1 N–H and O–H groups in total. The first-order chi connectivity index (χ1) is 8.60. The first kappa shape index (κ1) is 22.1. The van der Waals surface area contributed by atoms with Gasteiger partial charge in [0.1, 0.15) is 0 Å². The van der Waals surface area contributed by atoms with Crippen LogP contribution in [0.3, 0.4) is 0 Å². The zero-order valence-electron chi connectivity index (χ0n) is 11.2. The van der Waals surface area contributed by atoms with Gasteiger partial charge in [0.25, 0.3) is 0 Å². The van der Waals surface area contributed by atoms with Crippen molar-refractivity contribution in [1.82, 2.24) is 4.90 Å². The molecule has 0 atom stereocenters. The van der Waals surface area contributed by atoms with Gasteiger partial charge in [-0.3, -0.25) is 0 Å². The van der Waals surface area contributed by atoms with E-state index in [1.165, 1.54) is 4.90 Å². The summed E-state index contributed by atoms with van der Waals surface area (Å²) in [6.45, 7) is 3.29. The second-order valence-electron chi connectivity index (χ2n) is 3.66. The van der Waals surface area contributed by atoms with Crippen LogP contribution in [0.15, 0.2) is 34.4 Å². The maximum absolute atomic E-state index is 10.4. The van der Waals surface area contributed by atoms with E-state index in [1.54, 1.807) is 39.3 Å². The minimum atomic E-state index is 0. The normalized spacial score (nSPS) is 10.4. The molecule has 0 saturated carbocycles. The Balaban J connectivity index is 0. The summed E-state index contributed by atoms with van der Waals surface area (Å²) >= 11 is 0. The van der Waals surface area contributed by atoms with E-state index in [4.69, 9.17) is 5.21 Å². The maximum Gasteiger partial charge on any atom is 2.00 e. The van der Waals surface area contributed by atoms with E-state index < -0.39 is 0 Å². The molecule has 1 rings (SSSR count). The van der Waals surface area contributed by atoms with Crippen LogP contribution >= 0.6 is 0 Å².